The van der Waals surface area contributed by atoms with Crippen LogP contribution >= 0.6 is 0 Å². The van der Waals surface area contributed by atoms with E-state index in [-0.39, 0.29) is 5.82 Å². The molecule has 1 aliphatic heterocycles. The van der Waals surface area contributed by atoms with Gasteiger partial charge in [0.25, 0.3) is 0 Å². The number of aromatic nitrogens is 1. The summed E-state index contributed by atoms with van der Waals surface area (Å²) in [5.74, 6) is -0.156. The van der Waals surface area contributed by atoms with Crippen molar-refractivity contribution >= 4 is 10.9 Å². The number of benzene rings is 2. The Morgan fingerprint density at radius 1 is 0.848 bits per heavy atom. The lowest BCUT2D eigenvalue weighted by Gasteiger charge is -2.34. The van der Waals surface area contributed by atoms with Gasteiger partial charge in [-0.3, -0.25) is 4.90 Å². The highest BCUT2D eigenvalue weighted by Crippen LogP contribution is 2.27. The number of hydrogen-bond acceptors (Lipinski definition) is 3. The number of fused-ring (bicyclic) bond motifs is 1. The Balaban J connectivity index is 1.32. The summed E-state index contributed by atoms with van der Waals surface area (Å²) >= 11 is 0. The molecule has 4 nitrogen and oxygen atoms in total. The molecule has 0 spiro atoms. The van der Waals surface area contributed by atoms with Gasteiger partial charge < -0.3 is 14.4 Å². The molecule has 0 unspecified atom stereocenters. The smallest absolute Gasteiger partial charge is 0.123 e. The largest absolute Gasteiger partial charge is 0.345 e. The fourth-order valence-corrected chi connectivity index (χ4v) is 5.00. The maximum absolute atomic E-state index is 13.1. The van der Waals surface area contributed by atoms with Crippen LogP contribution < -0.4 is 0 Å². The number of hydrogen-bond donors (Lipinski definition) is 0. The van der Waals surface area contributed by atoms with Crippen LogP contribution in [-0.4, -0.2) is 72.6 Å². The fourth-order valence-electron chi connectivity index (χ4n) is 5.00. The summed E-state index contributed by atoms with van der Waals surface area (Å²) in [5.41, 5.74) is 6.82. The Hall–Kier alpha value is -2.21. The molecule has 0 radical (unpaired) electrons. The second-order valence-corrected chi connectivity index (χ2v) is 9.86. The van der Waals surface area contributed by atoms with Crippen molar-refractivity contribution in [3.8, 4) is 0 Å². The standard InChI is InChI=1S/C28H39FN4/c1-22-23(2)33(14-5-13-30(3)4)28-11-8-25(20-27(22)28)21-32-18-16-31(17-19-32)15-12-24-6-9-26(29)10-7-24/h6-11,20H,5,12-19,21H2,1-4H3. The highest BCUT2D eigenvalue weighted by molar-refractivity contribution is 5.86. The molecule has 1 saturated heterocycles. The van der Waals surface area contributed by atoms with Crippen LogP contribution in [0, 0.1) is 19.7 Å². The molecule has 2 heterocycles. The predicted octanol–water partition coefficient (Wildman–Crippen LogP) is 4.71. The van der Waals surface area contributed by atoms with E-state index in [1.807, 2.05) is 12.1 Å². The average Bonchev–Trinajstić information content (AvgIpc) is 3.04. The normalized spacial score (nSPS) is 15.7. The molecule has 0 saturated carbocycles. The van der Waals surface area contributed by atoms with E-state index in [0.717, 1.165) is 58.8 Å². The highest BCUT2D eigenvalue weighted by Gasteiger charge is 2.18. The molecule has 5 heteroatoms. The number of nitrogens with zero attached hydrogens (tertiary/aromatic N) is 4. The number of rotatable bonds is 9. The Morgan fingerprint density at radius 2 is 1.52 bits per heavy atom. The fraction of sp³-hybridized carbons (Fsp3) is 0.500. The Kier molecular flexibility index (Phi) is 7.84. The van der Waals surface area contributed by atoms with E-state index in [2.05, 4.69) is 65.4 Å². The topological polar surface area (TPSA) is 14.7 Å². The van der Waals surface area contributed by atoms with Gasteiger partial charge in [-0.1, -0.05) is 18.2 Å². The zero-order valence-corrected chi connectivity index (χ0v) is 20.8. The SMILES string of the molecule is Cc1c(C)n(CCCN(C)C)c2ccc(CN3CCN(CCc4ccc(F)cc4)CC3)cc12. The molecule has 0 bridgehead atoms. The van der Waals surface area contributed by atoms with E-state index in [1.54, 1.807) is 12.1 Å². The van der Waals surface area contributed by atoms with Crippen LogP contribution in [0.1, 0.15) is 28.8 Å². The van der Waals surface area contributed by atoms with Crippen molar-refractivity contribution in [2.24, 2.45) is 0 Å². The van der Waals surface area contributed by atoms with Crippen molar-refractivity contribution in [1.29, 1.82) is 0 Å². The first-order valence-corrected chi connectivity index (χ1v) is 12.3. The van der Waals surface area contributed by atoms with Crippen molar-refractivity contribution in [1.82, 2.24) is 19.3 Å². The van der Waals surface area contributed by atoms with Gasteiger partial charge in [-0.25, -0.2) is 4.39 Å². The van der Waals surface area contributed by atoms with Crippen LogP contribution in [0.4, 0.5) is 4.39 Å². The predicted molar refractivity (Wildman–Crippen MR) is 136 cm³/mol. The first kappa shape index (κ1) is 23.9. The lowest BCUT2D eigenvalue weighted by Crippen LogP contribution is -2.46. The summed E-state index contributed by atoms with van der Waals surface area (Å²) in [4.78, 5) is 7.37. The van der Waals surface area contributed by atoms with E-state index in [0.29, 0.717) is 0 Å². The molecule has 0 atom stereocenters. The zero-order chi connectivity index (χ0) is 23.4. The molecular formula is C28H39FN4. The van der Waals surface area contributed by atoms with Gasteiger partial charge in [0.1, 0.15) is 5.82 Å². The van der Waals surface area contributed by atoms with Gasteiger partial charge in [0.2, 0.25) is 0 Å². The first-order chi connectivity index (χ1) is 15.9. The van der Waals surface area contributed by atoms with E-state index in [4.69, 9.17) is 0 Å². The number of aryl methyl sites for hydroxylation is 2. The lowest BCUT2D eigenvalue weighted by atomic mass is 10.1. The molecule has 0 amide bonds. The first-order valence-electron chi connectivity index (χ1n) is 12.3. The van der Waals surface area contributed by atoms with Crippen LogP contribution in [0.25, 0.3) is 10.9 Å². The monoisotopic (exact) mass is 450 g/mol. The van der Waals surface area contributed by atoms with Crippen LogP contribution in [0.2, 0.25) is 0 Å². The third-order valence-corrected chi connectivity index (χ3v) is 7.19. The number of halogens is 1. The van der Waals surface area contributed by atoms with Gasteiger partial charge in [-0.15, -0.1) is 0 Å². The van der Waals surface area contributed by atoms with Crippen molar-refractivity contribution in [3.05, 3.63) is 70.7 Å². The summed E-state index contributed by atoms with van der Waals surface area (Å²) in [6, 6.07) is 14.0. The average molecular weight is 451 g/mol. The van der Waals surface area contributed by atoms with E-state index in [9.17, 15) is 4.39 Å². The van der Waals surface area contributed by atoms with Gasteiger partial charge in [-0.2, -0.15) is 0 Å². The van der Waals surface area contributed by atoms with Gasteiger partial charge in [0.05, 0.1) is 0 Å². The van der Waals surface area contributed by atoms with Gasteiger partial charge in [-0.05, 0) is 88.3 Å². The van der Waals surface area contributed by atoms with E-state index >= 15 is 0 Å². The molecule has 4 rings (SSSR count). The molecule has 33 heavy (non-hydrogen) atoms. The molecule has 3 aromatic rings. The zero-order valence-electron chi connectivity index (χ0n) is 20.8. The molecule has 178 valence electrons. The van der Waals surface area contributed by atoms with Crippen molar-refractivity contribution in [3.63, 3.8) is 0 Å². The second kappa shape index (κ2) is 10.8. The van der Waals surface area contributed by atoms with Crippen molar-refractivity contribution < 1.29 is 4.39 Å². The highest BCUT2D eigenvalue weighted by atomic mass is 19.1. The minimum atomic E-state index is -0.156. The summed E-state index contributed by atoms with van der Waals surface area (Å²) in [6.07, 6.45) is 2.16. The molecule has 1 fully saturated rings. The van der Waals surface area contributed by atoms with Gasteiger partial charge >= 0.3 is 0 Å². The summed E-state index contributed by atoms with van der Waals surface area (Å²) in [5, 5.41) is 1.41. The maximum atomic E-state index is 13.1. The number of piperazine rings is 1. The molecule has 2 aromatic carbocycles. The van der Waals surface area contributed by atoms with Crippen molar-refractivity contribution in [2.75, 3.05) is 53.4 Å². The molecule has 1 aliphatic rings. The van der Waals surface area contributed by atoms with Crippen LogP contribution in [-0.2, 0) is 19.5 Å². The molecule has 0 N–H and O–H groups in total. The lowest BCUT2D eigenvalue weighted by molar-refractivity contribution is 0.128. The Morgan fingerprint density at radius 3 is 2.21 bits per heavy atom. The third-order valence-electron chi connectivity index (χ3n) is 7.19. The van der Waals surface area contributed by atoms with Crippen LogP contribution in [0.5, 0.6) is 0 Å². The quantitative estimate of drug-likeness (QED) is 0.469. The van der Waals surface area contributed by atoms with Gasteiger partial charge in [0, 0.05) is 62.4 Å². The Bertz CT molecular complexity index is 1050. The minimum Gasteiger partial charge on any atom is -0.345 e. The minimum absolute atomic E-state index is 0.156. The molecule has 1 aromatic heterocycles. The van der Waals surface area contributed by atoms with Crippen molar-refractivity contribution in [2.45, 2.75) is 39.8 Å². The maximum Gasteiger partial charge on any atom is 0.123 e. The van der Waals surface area contributed by atoms with E-state index in [1.165, 1.54) is 39.7 Å². The van der Waals surface area contributed by atoms with Gasteiger partial charge in [0.15, 0.2) is 0 Å². The van der Waals surface area contributed by atoms with E-state index < -0.39 is 0 Å². The second-order valence-electron chi connectivity index (χ2n) is 9.86. The summed E-state index contributed by atoms with van der Waals surface area (Å²) < 4.78 is 15.6. The summed E-state index contributed by atoms with van der Waals surface area (Å²) in [7, 11) is 4.28. The molecule has 0 aliphatic carbocycles. The van der Waals surface area contributed by atoms with Crippen LogP contribution in [0.3, 0.4) is 0 Å². The molecular weight excluding hydrogens is 411 g/mol. The van der Waals surface area contributed by atoms with Crippen LogP contribution in [0.15, 0.2) is 42.5 Å². The Labute approximate surface area is 198 Å². The third kappa shape index (κ3) is 6.03. The summed E-state index contributed by atoms with van der Waals surface area (Å²) in [6.45, 7) is 13.2.